The Kier molecular flexibility index (Phi) is 4.49. The van der Waals surface area contributed by atoms with Crippen molar-refractivity contribution in [3.8, 4) is 0 Å². The SMILES string of the molecule is O=C(N/N=C\c1cccnc1)c1ccc(Cl)c(Cl)c1. The zero-order chi connectivity index (χ0) is 13.7. The molecule has 0 aliphatic carbocycles. The van der Waals surface area contributed by atoms with Gasteiger partial charge in [0.1, 0.15) is 0 Å². The number of carbonyl (C=O) groups excluding carboxylic acids is 1. The summed E-state index contributed by atoms with van der Waals surface area (Å²) in [5, 5.41) is 4.55. The first-order valence-corrected chi connectivity index (χ1v) is 6.11. The van der Waals surface area contributed by atoms with E-state index in [4.69, 9.17) is 23.2 Å². The van der Waals surface area contributed by atoms with Crippen LogP contribution in [0.2, 0.25) is 10.0 Å². The van der Waals surface area contributed by atoms with E-state index in [-0.39, 0.29) is 5.91 Å². The number of carbonyl (C=O) groups is 1. The summed E-state index contributed by atoms with van der Waals surface area (Å²) in [5.41, 5.74) is 3.57. The molecule has 0 atom stereocenters. The van der Waals surface area contributed by atoms with Gasteiger partial charge in [0.25, 0.3) is 5.91 Å². The van der Waals surface area contributed by atoms with E-state index in [0.29, 0.717) is 15.6 Å². The maximum Gasteiger partial charge on any atom is 0.271 e. The van der Waals surface area contributed by atoms with Crippen molar-refractivity contribution < 1.29 is 4.79 Å². The van der Waals surface area contributed by atoms with Crippen LogP contribution in [0.1, 0.15) is 15.9 Å². The molecule has 0 bridgehead atoms. The Morgan fingerprint density at radius 2 is 2.11 bits per heavy atom. The molecule has 1 amide bonds. The smallest absolute Gasteiger partial charge is 0.267 e. The molecule has 0 unspecified atom stereocenters. The predicted octanol–water partition coefficient (Wildman–Crippen LogP) is 3.15. The van der Waals surface area contributed by atoms with Gasteiger partial charge in [-0.25, -0.2) is 5.43 Å². The van der Waals surface area contributed by atoms with E-state index in [0.717, 1.165) is 5.56 Å². The number of hydrogen-bond acceptors (Lipinski definition) is 3. The molecule has 4 nitrogen and oxygen atoms in total. The number of rotatable bonds is 3. The summed E-state index contributed by atoms with van der Waals surface area (Å²) in [7, 11) is 0. The Morgan fingerprint density at radius 3 is 2.79 bits per heavy atom. The molecule has 0 saturated heterocycles. The number of aromatic nitrogens is 1. The van der Waals surface area contributed by atoms with E-state index < -0.39 is 0 Å². The molecule has 0 radical (unpaired) electrons. The van der Waals surface area contributed by atoms with Gasteiger partial charge in [-0.15, -0.1) is 0 Å². The van der Waals surface area contributed by atoms with Gasteiger partial charge in [-0.2, -0.15) is 5.10 Å². The number of benzene rings is 1. The molecule has 0 aliphatic rings. The summed E-state index contributed by atoms with van der Waals surface area (Å²) in [6.45, 7) is 0. The van der Waals surface area contributed by atoms with Crippen LogP contribution in [-0.4, -0.2) is 17.1 Å². The lowest BCUT2D eigenvalue weighted by Crippen LogP contribution is -2.17. The van der Waals surface area contributed by atoms with Crippen molar-refractivity contribution in [1.29, 1.82) is 0 Å². The number of hydrazone groups is 1. The van der Waals surface area contributed by atoms with E-state index in [1.165, 1.54) is 12.3 Å². The number of amides is 1. The fraction of sp³-hybridized carbons (Fsp3) is 0. The van der Waals surface area contributed by atoms with Crippen LogP contribution in [-0.2, 0) is 0 Å². The molecule has 6 heteroatoms. The summed E-state index contributed by atoms with van der Waals surface area (Å²) < 4.78 is 0. The number of halogens is 2. The lowest BCUT2D eigenvalue weighted by atomic mass is 10.2. The Hall–Kier alpha value is -1.91. The van der Waals surface area contributed by atoms with Crippen LogP contribution in [0.5, 0.6) is 0 Å². The van der Waals surface area contributed by atoms with Gasteiger partial charge in [0, 0.05) is 23.5 Å². The van der Waals surface area contributed by atoms with Gasteiger partial charge in [-0.1, -0.05) is 29.3 Å². The minimum Gasteiger partial charge on any atom is -0.267 e. The van der Waals surface area contributed by atoms with Crippen molar-refractivity contribution >= 4 is 35.3 Å². The first kappa shape index (κ1) is 13.5. The normalized spacial score (nSPS) is 10.6. The van der Waals surface area contributed by atoms with Gasteiger partial charge < -0.3 is 0 Å². The van der Waals surface area contributed by atoms with Crippen LogP contribution in [0.4, 0.5) is 0 Å². The van der Waals surface area contributed by atoms with Gasteiger partial charge in [-0.3, -0.25) is 9.78 Å². The van der Waals surface area contributed by atoms with Crippen LogP contribution in [0.3, 0.4) is 0 Å². The van der Waals surface area contributed by atoms with Gasteiger partial charge >= 0.3 is 0 Å². The average Bonchev–Trinajstić information content (AvgIpc) is 2.43. The third-order valence-corrected chi connectivity index (χ3v) is 2.98. The van der Waals surface area contributed by atoms with E-state index in [9.17, 15) is 4.79 Å². The van der Waals surface area contributed by atoms with E-state index in [1.54, 1.807) is 30.6 Å². The lowest BCUT2D eigenvalue weighted by molar-refractivity contribution is 0.0955. The fourth-order valence-corrected chi connectivity index (χ4v) is 1.62. The molecule has 0 aliphatic heterocycles. The van der Waals surface area contributed by atoms with Crippen LogP contribution >= 0.6 is 23.2 Å². The van der Waals surface area contributed by atoms with Crippen molar-refractivity contribution in [3.05, 3.63) is 63.9 Å². The molecule has 1 heterocycles. The van der Waals surface area contributed by atoms with Crippen molar-refractivity contribution in [2.45, 2.75) is 0 Å². The molecule has 0 fully saturated rings. The van der Waals surface area contributed by atoms with Gasteiger partial charge in [0.15, 0.2) is 0 Å². The maximum atomic E-state index is 11.8. The molecule has 1 N–H and O–H groups in total. The Bertz CT molecular complexity index is 615. The van der Waals surface area contributed by atoms with Gasteiger partial charge in [-0.05, 0) is 24.3 Å². The molecule has 1 aromatic heterocycles. The maximum absolute atomic E-state index is 11.8. The molecular formula is C13H9Cl2N3O. The van der Waals surface area contributed by atoms with Crippen LogP contribution < -0.4 is 5.43 Å². The fourth-order valence-electron chi connectivity index (χ4n) is 1.32. The van der Waals surface area contributed by atoms with Crippen LogP contribution in [0, 0.1) is 0 Å². The lowest BCUT2D eigenvalue weighted by Gasteiger charge is -2.01. The summed E-state index contributed by atoms with van der Waals surface area (Å²) in [5.74, 6) is -0.362. The zero-order valence-electron chi connectivity index (χ0n) is 9.68. The van der Waals surface area contributed by atoms with E-state index in [2.05, 4.69) is 15.5 Å². The minimum atomic E-state index is -0.362. The number of nitrogens with one attached hydrogen (secondary N) is 1. The first-order chi connectivity index (χ1) is 9.16. The highest BCUT2D eigenvalue weighted by Crippen LogP contribution is 2.22. The Balaban J connectivity index is 2.01. The quantitative estimate of drug-likeness (QED) is 0.698. The van der Waals surface area contributed by atoms with E-state index in [1.807, 2.05) is 6.07 Å². The summed E-state index contributed by atoms with van der Waals surface area (Å²) in [6.07, 6.45) is 4.79. The molecule has 2 aromatic rings. The Labute approximate surface area is 120 Å². The highest BCUT2D eigenvalue weighted by Gasteiger charge is 2.06. The standard InChI is InChI=1S/C13H9Cl2N3O/c14-11-4-3-10(6-12(11)15)13(19)18-17-8-9-2-1-5-16-7-9/h1-8H,(H,18,19)/b17-8-. The second-order valence-electron chi connectivity index (χ2n) is 3.61. The average molecular weight is 294 g/mol. The first-order valence-electron chi connectivity index (χ1n) is 5.35. The molecule has 0 saturated carbocycles. The second kappa shape index (κ2) is 6.31. The monoisotopic (exact) mass is 293 g/mol. The Morgan fingerprint density at radius 1 is 1.26 bits per heavy atom. The van der Waals surface area contributed by atoms with Gasteiger partial charge in [0.2, 0.25) is 0 Å². The van der Waals surface area contributed by atoms with Crippen LogP contribution in [0.15, 0.2) is 47.8 Å². The minimum absolute atomic E-state index is 0.325. The summed E-state index contributed by atoms with van der Waals surface area (Å²) in [6, 6.07) is 8.22. The summed E-state index contributed by atoms with van der Waals surface area (Å²) in [4.78, 5) is 15.7. The zero-order valence-corrected chi connectivity index (χ0v) is 11.2. The van der Waals surface area contributed by atoms with Crippen molar-refractivity contribution in [1.82, 2.24) is 10.4 Å². The second-order valence-corrected chi connectivity index (χ2v) is 4.43. The molecule has 1 aromatic carbocycles. The molecule has 0 spiro atoms. The number of hydrogen-bond donors (Lipinski definition) is 1. The topological polar surface area (TPSA) is 54.4 Å². The third-order valence-electron chi connectivity index (χ3n) is 2.25. The predicted molar refractivity (Wildman–Crippen MR) is 75.8 cm³/mol. The largest absolute Gasteiger partial charge is 0.271 e. The molecule has 96 valence electrons. The molecule has 19 heavy (non-hydrogen) atoms. The van der Waals surface area contributed by atoms with Crippen molar-refractivity contribution in [3.63, 3.8) is 0 Å². The van der Waals surface area contributed by atoms with Gasteiger partial charge in [0.05, 0.1) is 16.3 Å². The number of nitrogens with zero attached hydrogens (tertiary/aromatic N) is 2. The molecular weight excluding hydrogens is 285 g/mol. The summed E-state index contributed by atoms with van der Waals surface area (Å²) >= 11 is 11.6. The van der Waals surface area contributed by atoms with Crippen LogP contribution in [0.25, 0.3) is 0 Å². The van der Waals surface area contributed by atoms with Crippen molar-refractivity contribution in [2.75, 3.05) is 0 Å². The third kappa shape index (κ3) is 3.77. The molecule has 2 rings (SSSR count). The van der Waals surface area contributed by atoms with Crippen molar-refractivity contribution in [2.24, 2.45) is 5.10 Å². The highest BCUT2D eigenvalue weighted by molar-refractivity contribution is 6.42. The number of pyridine rings is 1. The van der Waals surface area contributed by atoms with E-state index >= 15 is 0 Å². The highest BCUT2D eigenvalue weighted by atomic mass is 35.5.